The van der Waals surface area contributed by atoms with Gasteiger partial charge in [0.05, 0.1) is 17.1 Å². The zero-order chi connectivity index (χ0) is 23.7. The van der Waals surface area contributed by atoms with Gasteiger partial charge in [0.2, 0.25) is 0 Å². The predicted molar refractivity (Wildman–Crippen MR) is 129 cm³/mol. The summed E-state index contributed by atoms with van der Waals surface area (Å²) in [5.74, 6) is 3.31. The van der Waals surface area contributed by atoms with Crippen molar-refractivity contribution in [3.8, 4) is 23.0 Å². The van der Waals surface area contributed by atoms with Crippen LogP contribution in [0.2, 0.25) is 0 Å². The molecule has 1 atom stereocenters. The number of aliphatic hydroxyl groups excluding tert-OH is 1. The standard InChI is InChI=1S/C27H30N2O4/c1-16-12-25(18(3)19(4)27(16)31)33-22-10-11-23-24(14-22)29(5)26(28-23)15-32-21-8-6-20(7-9-21)13-17(2)30/h6-12,14,17,30-31H,13,15H2,1-5H3. The molecule has 0 bridgehead atoms. The Hall–Kier alpha value is -3.51. The van der Waals surface area contributed by atoms with E-state index in [4.69, 9.17) is 14.5 Å². The van der Waals surface area contributed by atoms with E-state index < -0.39 is 0 Å². The number of phenols is 1. The number of phenolic OH excluding ortho intramolecular Hbond substituents is 1. The van der Waals surface area contributed by atoms with E-state index in [1.54, 1.807) is 6.92 Å². The lowest BCUT2D eigenvalue weighted by Crippen LogP contribution is -2.05. The van der Waals surface area contributed by atoms with Gasteiger partial charge in [-0.05, 0) is 86.7 Å². The Morgan fingerprint density at radius 1 is 0.970 bits per heavy atom. The number of aromatic hydroxyl groups is 1. The van der Waals surface area contributed by atoms with Gasteiger partial charge < -0.3 is 24.3 Å². The third kappa shape index (κ3) is 4.81. The Balaban J connectivity index is 1.52. The van der Waals surface area contributed by atoms with Crippen LogP contribution in [0, 0.1) is 20.8 Å². The molecule has 0 fully saturated rings. The molecule has 1 aromatic heterocycles. The Kier molecular flexibility index (Phi) is 6.29. The van der Waals surface area contributed by atoms with Gasteiger partial charge >= 0.3 is 0 Å². The summed E-state index contributed by atoms with van der Waals surface area (Å²) in [7, 11) is 1.96. The molecule has 6 heteroatoms. The van der Waals surface area contributed by atoms with Gasteiger partial charge in [-0.1, -0.05) is 12.1 Å². The van der Waals surface area contributed by atoms with Crippen LogP contribution in [0.15, 0.2) is 48.5 Å². The first-order chi connectivity index (χ1) is 15.7. The zero-order valence-corrected chi connectivity index (χ0v) is 19.7. The molecule has 0 saturated carbocycles. The molecule has 0 aliphatic rings. The minimum atomic E-state index is -0.364. The molecule has 33 heavy (non-hydrogen) atoms. The number of hydrogen-bond donors (Lipinski definition) is 2. The maximum absolute atomic E-state index is 10.1. The molecule has 0 saturated heterocycles. The maximum atomic E-state index is 10.1. The molecule has 0 spiro atoms. The van der Waals surface area contributed by atoms with Crippen molar-refractivity contribution in [3.05, 3.63) is 76.6 Å². The molecule has 4 aromatic rings. The molecule has 0 amide bonds. The highest BCUT2D eigenvalue weighted by atomic mass is 16.5. The third-order valence-corrected chi connectivity index (χ3v) is 6.00. The Morgan fingerprint density at radius 2 is 1.67 bits per heavy atom. The Labute approximate surface area is 194 Å². The highest BCUT2D eigenvalue weighted by Crippen LogP contribution is 2.35. The summed E-state index contributed by atoms with van der Waals surface area (Å²) in [5, 5.41) is 19.7. The van der Waals surface area contributed by atoms with Crippen molar-refractivity contribution in [1.29, 1.82) is 0 Å². The van der Waals surface area contributed by atoms with Gasteiger partial charge in [-0.15, -0.1) is 0 Å². The van der Waals surface area contributed by atoms with Gasteiger partial charge in [-0.2, -0.15) is 0 Å². The normalized spacial score (nSPS) is 12.2. The molecule has 4 rings (SSSR count). The fourth-order valence-corrected chi connectivity index (χ4v) is 3.89. The summed E-state index contributed by atoms with van der Waals surface area (Å²) in [6, 6.07) is 15.4. The lowest BCUT2D eigenvalue weighted by atomic mass is 10.0. The number of fused-ring (bicyclic) bond motifs is 1. The number of nitrogens with zero attached hydrogens (tertiary/aromatic N) is 2. The number of hydrogen-bond acceptors (Lipinski definition) is 5. The number of aromatic nitrogens is 2. The first-order valence-corrected chi connectivity index (χ1v) is 11.1. The fraction of sp³-hybridized carbons (Fsp3) is 0.296. The third-order valence-electron chi connectivity index (χ3n) is 6.00. The van der Waals surface area contributed by atoms with Crippen molar-refractivity contribution in [2.75, 3.05) is 0 Å². The molecular formula is C27H30N2O4. The fourth-order valence-electron chi connectivity index (χ4n) is 3.89. The second kappa shape index (κ2) is 9.16. The van der Waals surface area contributed by atoms with E-state index in [-0.39, 0.29) is 6.10 Å². The Bertz CT molecular complexity index is 1290. The van der Waals surface area contributed by atoms with Gasteiger partial charge in [0.15, 0.2) is 0 Å². The van der Waals surface area contributed by atoms with Crippen LogP contribution in [-0.2, 0) is 20.1 Å². The quantitative estimate of drug-likeness (QED) is 0.392. The SMILES string of the molecule is Cc1cc(Oc2ccc3nc(COc4ccc(CC(C)O)cc4)n(C)c3c2)c(C)c(C)c1O. The van der Waals surface area contributed by atoms with Gasteiger partial charge in [0.25, 0.3) is 0 Å². The highest BCUT2D eigenvalue weighted by Gasteiger charge is 2.13. The van der Waals surface area contributed by atoms with E-state index in [0.29, 0.717) is 24.5 Å². The summed E-state index contributed by atoms with van der Waals surface area (Å²) < 4.78 is 14.1. The van der Waals surface area contributed by atoms with Crippen LogP contribution in [0.1, 0.15) is 35.0 Å². The first-order valence-electron chi connectivity index (χ1n) is 11.1. The van der Waals surface area contributed by atoms with Crippen LogP contribution in [0.25, 0.3) is 11.0 Å². The van der Waals surface area contributed by atoms with E-state index in [1.807, 2.05) is 80.9 Å². The summed E-state index contributed by atoms with van der Waals surface area (Å²) >= 11 is 0. The average molecular weight is 447 g/mol. The van der Waals surface area contributed by atoms with Crippen molar-refractivity contribution in [3.63, 3.8) is 0 Å². The largest absolute Gasteiger partial charge is 0.507 e. The van der Waals surface area contributed by atoms with Gasteiger partial charge in [-0.3, -0.25) is 0 Å². The van der Waals surface area contributed by atoms with Gasteiger partial charge in [0.1, 0.15) is 35.4 Å². The Morgan fingerprint density at radius 3 is 2.36 bits per heavy atom. The van der Waals surface area contributed by atoms with E-state index in [9.17, 15) is 10.2 Å². The van der Waals surface area contributed by atoms with E-state index in [2.05, 4.69) is 0 Å². The number of benzene rings is 3. The number of ether oxygens (including phenoxy) is 2. The van der Waals surface area contributed by atoms with E-state index >= 15 is 0 Å². The summed E-state index contributed by atoms with van der Waals surface area (Å²) in [5.41, 5.74) is 5.41. The number of aliphatic hydroxyl groups is 1. The molecule has 3 aromatic carbocycles. The van der Waals surface area contributed by atoms with Crippen molar-refractivity contribution in [2.24, 2.45) is 7.05 Å². The lowest BCUT2D eigenvalue weighted by Gasteiger charge is -2.14. The minimum absolute atomic E-state index is 0.309. The monoisotopic (exact) mass is 446 g/mol. The van der Waals surface area contributed by atoms with E-state index in [0.717, 1.165) is 50.6 Å². The van der Waals surface area contributed by atoms with Gasteiger partial charge in [-0.25, -0.2) is 4.98 Å². The zero-order valence-electron chi connectivity index (χ0n) is 19.7. The number of imidazole rings is 1. The lowest BCUT2D eigenvalue weighted by molar-refractivity contribution is 0.195. The van der Waals surface area contributed by atoms with Crippen molar-refractivity contribution in [1.82, 2.24) is 9.55 Å². The molecule has 172 valence electrons. The van der Waals surface area contributed by atoms with E-state index in [1.165, 1.54) is 0 Å². The smallest absolute Gasteiger partial charge is 0.147 e. The molecule has 6 nitrogen and oxygen atoms in total. The molecule has 0 aliphatic carbocycles. The second-order valence-corrected chi connectivity index (χ2v) is 8.62. The van der Waals surface area contributed by atoms with Crippen molar-refractivity contribution >= 4 is 11.0 Å². The summed E-state index contributed by atoms with van der Waals surface area (Å²) in [6.07, 6.45) is 0.259. The van der Waals surface area contributed by atoms with Crippen LogP contribution in [0.3, 0.4) is 0 Å². The molecular weight excluding hydrogens is 416 g/mol. The maximum Gasteiger partial charge on any atom is 0.147 e. The topological polar surface area (TPSA) is 76.7 Å². The molecule has 0 radical (unpaired) electrons. The van der Waals surface area contributed by atoms with Crippen molar-refractivity contribution in [2.45, 2.75) is 46.8 Å². The number of rotatable bonds is 7. The molecule has 1 unspecified atom stereocenters. The van der Waals surface area contributed by atoms with Crippen LogP contribution in [0.4, 0.5) is 0 Å². The summed E-state index contributed by atoms with van der Waals surface area (Å²) in [6.45, 7) is 7.82. The van der Waals surface area contributed by atoms with Crippen LogP contribution >= 0.6 is 0 Å². The molecule has 2 N–H and O–H groups in total. The molecule has 0 aliphatic heterocycles. The molecule has 1 heterocycles. The number of aryl methyl sites for hydroxylation is 2. The van der Waals surface area contributed by atoms with Gasteiger partial charge in [0, 0.05) is 13.1 Å². The highest BCUT2D eigenvalue weighted by molar-refractivity contribution is 5.78. The van der Waals surface area contributed by atoms with Crippen LogP contribution < -0.4 is 9.47 Å². The average Bonchev–Trinajstić information content (AvgIpc) is 3.10. The predicted octanol–water partition coefficient (Wildman–Crippen LogP) is 5.50. The first kappa shape index (κ1) is 22.7. The minimum Gasteiger partial charge on any atom is -0.507 e. The van der Waals surface area contributed by atoms with Crippen LogP contribution in [0.5, 0.6) is 23.0 Å². The summed E-state index contributed by atoms with van der Waals surface area (Å²) in [4.78, 5) is 4.71. The second-order valence-electron chi connectivity index (χ2n) is 8.62. The van der Waals surface area contributed by atoms with Crippen molar-refractivity contribution < 1.29 is 19.7 Å². The van der Waals surface area contributed by atoms with Crippen LogP contribution in [-0.4, -0.2) is 25.9 Å².